The van der Waals surface area contributed by atoms with Crippen molar-refractivity contribution in [2.75, 3.05) is 6.54 Å². The van der Waals surface area contributed by atoms with Gasteiger partial charge in [0.05, 0.1) is 6.04 Å². The molecule has 1 aromatic rings. The number of carbonyl (C=O) groups excluding carboxylic acids is 1. The fraction of sp³-hybridized carbons (Fsp3) is 0.500. The molecule has 0 saturated carbocycles. The Morgan fingerprint density at radius 3 is 2.70 bits per heavy atom. The molecule has 0 aromatic heterocycles. The maximum absolute atomic E-state index is 12.0. The van der Waals surface area contributed by atoms with Crippen LogP contribution in [0.3, 0.4) is 0 Å². The number of alkyl halides is 3. The van der Waals surface area contributed by atoms with Crippen LogP contribution in [0.5, 0.6) is 0 Å². The highest BCUT2D eigenvalue weighted by Gasteiger charge is 2.27. The van der Waals surface area contributed by atoms with E-state index in [4.69, 9.17) is 0 Å². The van der Waals surface area contributed by atoms with Crippen LogP contribution in [0, 0.1) is 0 Å². The van der Waals surface area contributed by atoms with Gasteiger partial charge in [-0.15, -0.1) is 0 Å². The van der Waals surface area contributed by atoms with Crippen LogP contribution in [0.15, 0.2) is 24.3 Å². The Labute approximate surface area is 115 Å². The predicted molar refractivity (Wildman–Crippen MR) is 69.1 cm³/mol. The van der Waals surface area contributed by atoms with Gasteiger partial charge in [-0.3, -0.25) is 4.79 Å². The van der Waals surface area contributed by atoms with Crippen LogP contribution in [0.4, 0.5) is 13.2 Å². The third kappa shape index (κ3) is 4.23. The molecule has 1 aliphatic rings. The third-order valence-electron chi connectivity index (χ3n) is 3.33. The highest BCUT2D eigenvalue weighted by Crippen LogP contribution is 2.20. The molecule has 0 fully saturated rings. The first-order chi connectivity index (χ1) is 9.46. The number of halogens is 3. The molecule has 0 aliphatic carbocycles. The fourth-order valence-electron chi connectivity index (χ4n) is 2.26. The summed E-state index contributed by atoms with van der Waals surface area (Å²) in [6.07, 6.45) is -4.54. The molecule has 0 bridgehead atoms. The van der Waals surface area contributed by atoms with Crippen molar-refractivity contribution >= 4 is 5.91 Å². The zero-order chi connectivity index (χ0) is 14.6. The molecule has 0 spiro atoms. The van der Waals surface area contributed by atoms with Gasteiger partial charge < -0.3 is 10.6 Å². The van der Waals surface area contributed by atoms with Crippen molar-refractivity contribution in [1.29, 1.82) is 0 Å². The Kier molecular flexibility index (Phi) is 4.65. The first kappa shape index (κ1) is 14.8. The Bertz CT molecular complexity index is 474. The zero-order valence-corrected chi connectivity index (χ0v) is 11.0. The Morgan fingerprint density at radius 2 is 2.00 bits per heavy atom. The van der Waals surface area contributed by atoms with Gasteiger partial charge in [0.2, 0.25) is 5.91 Å². The predicted octanol–water partition coefficient (Wildman–Crippen LogP) is 2.16. The molecule has 2 N–H and O–H groups in total. The van der Waals surface area contributed by atoms with E-state index in [1.54, 1.807) is 0 Å². The van der Waals surface area contributed by atoms with Crippen molar-refractivity contribution in [3.8, 4) is 0 Å². The molecular weight excluding hydrogens is 269 g/mol. The van der Waals surface area contributed by atoms with Crippen molar-refractivity contribution in [1.82, 2.24) is 10.6 Å². The SMILES string of the molecule is O=C(NCCCC(F)(F)F)C1Cc2ccccc2CN1. The quantitative estimate of drug-likeness (QED) is 0.833. The molecule has 1 unspecified atom stereocenters. The zero-order valence-electron chi connectivity index (χ0n) is 11.0. The van der Waals surface area contributed by atoms with Crippen molar-refractivity contribution in [2.45, 2.75) is 38.0 Å². The molecule has 6 heteroatoms. The van der Waals surface area contributed by atoms with Crippen LogP contribution in [-0.4, -0.2) is 24.7 Å². The fourth-order valence-corrected chi connectivity index (χ4v) is 2.26. The second-order valence-electron chi connectivity index (χ2n) is 4.92. The average Bonchev–Trinajstić information content (AvgIpc) is 2.42. The Balaban J connectivity index is 1.77. The van der Waals surface area contributed by atoms with E-state index in [0.29, 0.717) is 13.0 Å². The van der Waals surface area contributed by atoms with E-state index in [1.807, 2.05) is 24.3 Å². The highest BCUT2D eigenvalue weighted by atomic mass is 19.4. The first-order valence-corrected chi connectivity index (χ1v) is 6.60. The van der Waals surface area contributed by atoms with Gasteiger partial charge in [0.15, 0.2) is 0 Å². The molecular formula is C14H17F3N2O. The topological polar surface area (TPSA) is 41.1 Å². The molecule has 1 atom stereocenters. The highest BCUT2D eigenvalue weighted by molar-refractivity contribution is 5.82. The number of fused-ring (bicyclic) bond motifs is 1. The molecule has 1 aliphatic heterocycles. The van der Waals surface area contributed by atoms with E-state index in [9.17, 15) is 18.0 Å². The largest absolute Gasteiger partial charge is 0.389 e. The van der Waals surface area contributed by atoms with Crippen LogP contribution in [-0.2, 0) is 17.8 Å². The second-order valence-corrected chi connectivity index (χ2v) is 4.92. The van der Waals surface area contributed by atoms with E-state index in [1.165, 1.54) is 0 Å². The number of hydrogen-bond acceptors (Lipinski definition) is 2. The van der Waals surface area contributed by atoms with Crippen LogP contribution < -0.4 is 10.6 Å². The van der Waals surface area contributed by atoms with E-state index >= 15 is 0 Å². The average molecular weight is 286 g/mol. The van der Waals surface area contributed by atoms with Gasteiger partial charge in [-0.2, -0.15) is 13.2 Å². The summed E-state index contributed by atoms with van der Waals surface area (Å²) in [5.41, 5.74) is 2.27. The lowest BCUT2D eigenvalue weighted by Gasteiger charge is -2.25. The van der Waals surface area contributed by atoms with Crippen molar-refractivity contribution < 1.29 is 18.0 Å². The minimum absolute atomic E-state index is 0.0537. The number of benzene rings is 1. The summed E-state index contributed by atoms with van der Waals surface area (Å²) in [4.78, 5) is 11.9. The monoisotopic (exact) mass is 286 g/mol. The summed E-state index contributed by atoms with van der Waals surface area (Å²) in [5.74, 6) is -0.235. The summed E-state index contributed by atoms with van der Waals surface area (Å²) in [7, 11) is 0. The van der Waals surface area contributed by atoms with E-state index in [-0.39, 0.29) is 24.9 Å². The van der Waals surface area contributed by atoms with Gasteiger partial charge in [-0.1, -0.05) is 24.3 Å². The summed E-state index contributed by atoms with van der Waals surface area (Å²) in [6, 6.07) is 7.47. The lowest BCUT2D eigenvalue weighted by Crippen LogP contribution is -2.47. The Hall–Kier alpha value is -1.56. The lowest BCUT2D eigenvalue weighted by molar-refractivity contribution is -0.136. The molecule has 1 heterocycles. The van der Waals surface area contributed by atoms with Gasteiger partial charge in [0.1, 0.15) is 0 Å². The Morgan fingerprint density at radius 1 is 1.30 bits per heavy atom. The standard InChI is InChI=1S/C14H17F3N2O/c15-14(16,17)6-3-7-18-13(20)12-8-10-4-1-2-5-11(10)9-19-12/h1-2,4-5,12,19H,3,6-9H2,(H,18,20). The van der Waals surface area contributed by atoms with Crippen LogP contribution in [0.2, 0.25) is 0 Å². The van der Waals surface area contributed by atoms with Gasteiger partial charge >= 0.3 is 6.18 Å². The summed E-state index contributed by atoms with van der Waals surface area (Å²) in [5, 5.41) is 5.65. The van der Waals surface area contributed by atoms with Crippen LogP contribution in [0.1, 0.15) is 24.0 Å². The number of nitrogens with one attached hydrogen (secondary N) is 2. The summed E-state index contributed by atoms with van der Waals surface area (Å²) >= 11 is 0. The summed E-state index contributed by atoms with van der Waals surface area (Å²) < 4.78 is 35.9. The van der Waals surface area contributed by atoms with E-state index in [2.05, 4.69) is 10.6 Å². The van der Waals surface area contributed by atoms with Crippen molar-refractivity contribution in [3.05, 3.63) is 35.4 Å². The molecule has 20 heavy (non-hydrogen) atoms. The van der Waals surface area contributed by atoms with Crippen molar-refractivity contribution in [2.24, 2.45) is 0 Å². The summed E-state index contributed by atoms with van der Waals surface area (Å²) in [6.45, 7) is 0.662. The minimum atomic E-state index is -4.16. The molecule has 1 amide bonds. The third-order valence-corrected chi connectivity index (χ3v) is 3.33. The first-order valence-electron chi connectivity index (χ1n) is 6.60. The van der Waals surface area contributed by atoms with Crippen LogP contribution >= 0.6 is 0 Å². The lowest BCUT2D eigenvalue weighted by atomic mass is 9.95. The number of carbonyl (C=O) groups is 1. The number of amides is 1. The van der Waals surface area contributed by atoms with Gasteiger partial charge in [-0.25, -0.2) is 0 Å². The van der Waals surface area contributed by atoms with E-state index in [0.717, 1.165) is 11.1 Å². The normalized spacial score (nSPS) is 18.4. The second kappa shape index (κ2) is 6.26. The van der Waals surface area contributed by atoms with Crippen molar-refractivity contribution in [3.63, 3.8) is 0 Å². The maximum Gasteiger partial charge on any atom is 0.389 e. The van der Waals surface area contributed by atoms with Crippen LogP contribution in [0.25, 0.3) is 0 Å². The van der Waals surface area contributed by atoms with Gasteiger partial charge in [0.25, 0.3) is 0 Å². The molecule has 0 saturated heterocycles. The molecule has 110 valence electrons. The molecule has 3 nitrogen and oxygen atoms in total. The smallest absolute Gasteiger partial charge is 0.355 e. The van der Waals surface area contributed by atoms with E-state index < -0.39 is 12.6 Å². The van der Waals surface area contributed by atoms with Gasteiger partial charge in [-0.05, 0) is 24.0 Å². The van der Waals surface area contributed by atoms with Gasteiger partial charge in [0, 0.05) is 19.5 Å². The number of hydrogen-bond donors (Lipinski definition) is 2. The molecule has 2 rings (SSSR count). The number of rotatable bonds is 4. The molecule has 1 aromatic carbocycles. The maximum atomic E-state index is 12.0. The minimum Gasteiger partial charge on any atom is -0.355 e. The molecule has 0 radical (unpaired) electrons.